The predicted octanol–water partition coefficient (Wildman–Crippen LogP) is 1.07. The highest BCUT2D eigenvalue weighted by Crippen LogP contribution is 2.28. The molecule has 17 heavy (non-hydrogen) atoms. The van der Waals surface area contributed by atoms with E-state index < -0.39 is 0 Å². The van der Waals surface area contributed by atoms with Gasteiger partial charge in [0.25, 0.3) is 0 Å². The summed E-state index contributed by atoms with van der Waals surface area (Å²) < 4.78 is 15.5. The maximum absolute atomic E-state index is 5.34. The van der Waals surface area contributed by atoms with E-state index >= 15 is 0 Å². The molecule has 2 aromatic rings. The van der Waals surface area contributed by atoms with Crippen LogP contribution in [0.1, 0.15) is 24.4 Å². The normalized spacial score (nSPS) is 12.6. The van der Waals surface area contributed by atoms with Gasteiger partial charge in [0.15, 0.2) is 5.75 Å². The first-order chi connectivity index (χ1) is 8.31. The number of hydrogen-bond acceptors (Lipinski definition) is 6. The summed E-state index contributed by atoms with van der Waals surface area (Å²) in [5.41, 5.74) is 1.86. The van der Waals surface area contributed by atoms with Gasteiger partial charge in [-0.2, -0.15) is 13.8 Å². The van der Waals surface area contributed by atoms with E-state index in [0.29, 0.717) is 0 Å². The van der Waals surface area contributed by atoms with Crippen LogP contribution in [-0.4, -0.2) is 32.7 Å². The summed E-state index contributed by atoms with van der Waals surface area (Å²) >= 11 is 1.20. The van der Waals surface area contributed by atoms with Crippen LogP contribution in [0.3, 0.4) is 0 Å². The molecular formula is C10H15N5OS. The minimum absolute atomic E-state index is 0.0499. The lowest BCUT2D eigenvalue weighted by Gasteiger charge is -2.16. The molecule has 1 atom stereocenters. The molecule has 0 bridgehead atoms. The van der Waals surface area contributed by atoms with E-state index in [2.05, 4.69) is 19.2 Å². The van der Waals surface area contributed by atoms with E-state index in [4.69, 9.17) is 4.74 Å². The van der Waals surface area contributed by atoms with Crippen molar-refractivity contribution in [3.63, 3.8) is 0 Å². The molecule has 0 aliphatic heterocycles. The van der Waals surface area contributed by atoms with Crippen molar-refractivity contribution in [2.75, 3.05) is 14.2 Å². The van der Waals surface area contributed by atoms with Gasteiger partial charge in [-0.15, -0.1) is 0 Å². The molecular weight excluding hydrogens is 238 g/mol. The van der Waals surface area contributed by atoms with Gasteiger partial charge in [-0.25, -0.2) is 0 Å². The van der Waals surface area contributed by atoms with Gasteiger partial charge in [-0.1, -0.05) is 0 Å². The average Bonchev–Trinajstić information content (AvgIpc) is 2.99. The first kappa shape index (κ1) is 12.0. The zero-order chi connectivity index (χ0) is 12.3. The lowest BCUT2D eigenvalue weighted by atomic mass is 10.1. The highest BCUT2D eigenvalue weighted by atomic mass is 32.1. The smallest absolute Gasteiger partial charge is 0.161 e. The topological polar surface area (TPSA) is 64.9 Å². The minimum Gasteiger partial charge on any atom is -0.493 e. The Kier molecular flexibility index (Phi) is 3.70. The predicted molar refractivity (Wildman–Crippen MR) is 65.3 cm³/mol. The molecule has 0 amide bonds. The van der Waals surface area contributed by atoms with Gasteiger partial charge in [0.05, 0.1) is 43.0 Å². The molecule has 0 saturated heterocycles. The lowest BCUT2D eigenvalue weighted by molar-refractivity contribution is 0.400. The van der Waals surface area contributed by atoms with Gasteiger partial charge in [-0.05, 0) is 14.0 Å². The number of nitrogens with one attached hydrogen (secondary N) is 1. The molecule has 2 rings (SSSR count). The van der Waals surface area contributed by atoms with Crippen molar-refractivity contribution in [3.8, 4) is 5.75 Å². The summed E-state index contributed by atoms with van der Waals surface area (Å²) in [6, 6.07) is -0.0499. The van der Waals surface area contributed by atoms with Crippen molar-refractivity contribution in [2.24, 2.45) is 0 Å². The Morgan fingerprint density at radius 3 is 2.88 bits per heavy atom. The highest BCUT2D eigenvalue weighted by Gasteiger charge is 2.23. The fraction of sp³-hybridized carbons (Fsp3) is 0.500. The summed E-state index contributed by atoms with van der Waals surface area (Å²) in [6.45, 7) is 2.83. The molecule has 6 nitrogen and oxygen atoms in total. The van der Waals surface area contributed by atoms with Crippen LogP contribution in [0.15, 0.2) is 12.4 Å². The van der Waals surface area contributed by atoms with Gasteiger partial charge in [0.1, 0.15) is 5.69 Å². The Morgan fingerprint density at radius 1 is 1.53 bits per heavy atom. The molecule has 7 heteroatoms. The zero-order valence-corrected chi connectivity index (χ0v) is 10.9. The van der Waals surface area contributed by atoms with Crippen LogP contribution in [0.4, 0.5) is 0 Å². The Bertz CT molecular complexity index is 446. The third kappa shape index (κ3) is 2.16. The van der Waals surface area contributed by atoms with Crippen LogP contribution in [0, 0.1) is 0 Å². The lowest BCUT2D eigenvalue weighted by Crippen LogP contribution is -2.22. The number of methoxy groups -OCH3 is 1. The second-order valence-electron chi connectivity index (χ2n) is 3.47. The van der Waals surface area contributed by atoms with Crippen molar-refractivity contribution in [1.82, 2.24) is 23.8 Å². The van der Waals surface area contributed by atoms with Crippen LogP contribution >= 0.6 is 11.7 Å². The summed E-state index contributed by atoms with van der Waals surface area (Å²) in [4.78, 5) is 0. The standard InChI is InChI=1S/C10H15N5OS/c1-4-15-10(8(16-3)6-12-15)9(11-2)7-5-13-17-14-7/h5-6,9,11H,4H2,1-3H3. The van der Waals surface area contributed by atoms with Crippen LogP contribution in [-0.2, 0) is 6.54 Å². The zero-order valence-electron chi connectivity index (χ0n) is 10.0. The fourth-order valence-electron chi connectivity index (χ4n) is 1.80. The molecule has 1 unspecified atom stereocenters. The Morgan fingerprint density at radius 2 is 2.35 bits per heavy atom. The molecule has 1 N–H and O–H groups in total. The number of hydrogen-bond donors (Lipinski definition) is 1. The van der Waals surface area contributed by atoms with Gasteiger partial charge in [0, 0.05) is 6.54 Å². The van der Waals surface area contributed by atoms with Gasteiger partial charge in [0.2, 0.25) is 0 Å². The molecule has 0 saturated carbocycles. The molecule has 0 spiro atoms. The highest BCUT2D eigenvalue weighted by molar-refractivity contribution is 6.99. The van der Waals surface area contributed by atoms with Crippen LogP contribution in [0.2, 0.25) is 0 Å². The third-order valence-corrected chi connectivity index (χ3v) is 3.09. The van der Waals surface area contributed by atoms with E-state index in [1.165, 1.54) is 11.7 Å². The molecule has 0 aliphatic carbocycles. The SMILES string of the molecule is CCn1ncc(OC)c1C(NC)c1cnsn1. The van der Waals surface area contributed by atoms with Crippen LogP contribution in [0.25, 0.3) is 0 Å². The molecule has 0 fully saturated rings. The van der Waals surface area contributed by atoms with Crippen molar-refractivity contribution < 1.29 is 4.74 Å². The van der Waals surface area contributed by atoms with Crippen LogP contribution in [0.5, 0.6) is 5.75 Å². The first-order valence-electron chi connectivity index (χ1n) is 5.36. The van der Waals surface area contributed by atoms with E-state index in [9.17, 15) is 0 Å². The van der Waals surface area contributed by atoms with Gasteiger partial charge < -0.3 is 10.1 Å². The number of nitrogens with zero attached hydrogens (tertiary/aromatic N) is 4. The van der Waals surface area contributed by atoms with E-state index in [1.807, 2.05) is 18.7 Å². The molecule has 0 aliphatic rings. The number of rotatable bonds is 5. The second kappa shape index (κ2) is 5.24. The molecule has 0 aromatic carbocycles. The monoisotopic (exact) mass is 253 g/mol. The Hall–Kier alpha value is -1.47. The quantitative estimate of drug-likeness (QED) is 0.863. The van der Waals surface area contributed by atoms with E-state index in [0.717, 1.165) is 23.7 Å². The van der Waals surface area contributed by atoms with Gasteiger partial charge >= 0.3 is 0 Å². The Balaban J connectivity index is 2.46. The molecule has 2 aromatic heterocycles. The summed E-state index contributed by atoms with van der Waals surface area (Å²) in [5.74, 6) is 0.763. The van der Waals surface area contributed by atoms with E-state index in [-0.39, 0.29) is 6.04 Å². The van der Waals surface area contributed by atoms with Crippen molar-refractivity contribution in [1.29, 1.82) is 0 Å². The second-order valence-corrected chi connectivity index (χ2v) is 4.02. The largest absolute Gasteiger partial charge is 0.493 e. The summed E-state index contributed by atoms with van der Waals surface area (Å²) in [5, 5.41) is 7.51. The van der Waals surface area contributed by atoms with Gasteiger partial charge in [-0.3, -0.25) is 4.68 Å². The maximum atomic E-state index is 5.34. The fourth-order valence-corrected chi connectivity index (χ4v) is 2.25. The number of ether oxygens (including phenoxy) is 1. The first-order valence-corrected chi connectivity index (χ1v) is 6.09. The van der Waals surface area contributed by atoms with E-state index in [1.54, 1.807) is 19.5 Å². The van der Waals surface area contributed by atoms with Crippen LogP contribution < -0.4 is 10.1 Å². The number of aromatic nitrogens is 4. The van der Waals surface area contributed by atoms with Crippen molar-refractivity contribution in [3.05, 3.63) is 23.8 Å². The van der Waals surface area contributed by atoms with Crippen molar-refractivity contribution in [2.45, 2.75) is 19.5 Å². The summed E-state index contributed by atoms with van der Waals surface area (Å²) in [6.07, 6.45) is 3.49. The average molecular weight is 253 g/mol. The third-order valence-electron chi connectivity index (χ3n) is 2.60. The molecule has 2 heterocycles. The maximum Gasteiger partial charge on any atom is 0.161 e. The number of aryl methyl sites for hydroxylation is 1. The molecule has 92 valence electrons. The summed E-state index contributed by atoms with van der Waals surface area (Å²) in [7, 11) is 3.53. The van der Waals surface area contributed by atoms with Crippen molar-refractivity contribution >= 4 is 11.7 Å². The molecule has 0 radical (unpaired) electrons. The Labute approximate surface area is 104 Å². The minimum atomic E-state index is -0.0499.